The Bertz CT molecular complexity index is 1060. The molecule has 32 heavy (non-hydrogen) atoms. The van der Waals surface area contributed by atoms with E-state index in [0.717, 1.165) is 36.4 Å². The zero-order chi connectivity index (χ0) is 23.2. The minimum Gasteiger partial charge on any atom is -0.393 e. The maximum Gasteiger partial charge on any atom is 0.314 e. The number of amides is 1. The van der Waals surface area contributed by atoms with Gasteiger partial charge in [0.05, 0.1) is 17.4 Å². The van der Waals surface area contributed by atoms with Gasteiger partial charge in [0.1, 0.15) is 5.82 Å². The number of aliphatic hydroxyl groups excluding tert-OH is 1. The third-order valence-electron chi connectivity index (χ3n) is 6.13. The molecule has 0 aromatic heterocycles. The van der Waals surface area contributed by atoms with Crippen molar-refractivity contribution in [1.82, 2.24) is 4.90 Å². The number of anilines is 1. The SMILES string of the molecule is C=C(N1[C@@H]2CC[C@H]1CC(O)C2)C(F)(F)c1cc(C(=O)Nc2ccc(F)c(F)c2)ccc1F. The lowest BCUT2D eigenvalue weighted by Gasteiger charge is -2.42. The van der Waals surface area contributed by atoms with Gasteiger partial charge in [-0.2, -0.15) is 8.78 Å². The van der Waals surface area contributed by atoms with Gasteiger partial charge in [-0.05, 0) is 56.0 Å². The molecule has 0 spiro atoms. The van der Waals surface area contributed by atoms with Crippen LogP contribution in [0, 0.1) is 17.5 Å². The van der Waals surface area contributed by atoms with Gasteiger partial charge in [-0.25, -0.2) is 13.2 Å². The van der Waals surface area contributed by atoms with E-state index in [1.54, 1.807) is 0 Å². The van der Waals surface area contributed by atoms with Gasteiger partial charge in [-0.3, -0.25) is 4.79 Å². The molecule has 0 saturated carbocycles. The van der Waals surface area contributed by atoms with Crippen molar-refractivity contribution in [2.45, 2.75) is 49.8 Å². The highest BCUT2D eigenvalue weighted by Crippen LogP contribution is 2.46. The van der Waals surface area contributed by atoms with Crippen LogP contribution in [-0.4, -0.2) is 34.1 Å². The molecule has 0 radical (unpaired) electrons. The van der Waals surface area contributed by atoms with Crippen molar-refractivity contribution in [2.75, 3.05) is 5.32 Å². The molecule has 2 aliphatic rings. The number of halogens is 5. The van der Waals surface area contributed by atoms with Crippen LogP contribution in [0.5, 0.6) is 0 Å². The average molecular weight is 452 g/mol. The Kier molecular flexibility index (Phi) is 5.70. The molecule has 4 nitrogen and oxygen atoms in total. The van der Waals surface area contributed by atoms with Crippen LogP contribution in [0.3, 0.4) is 0 Å². The number of rotatable bonds is 5. The predicted octanol–water partition coefficient (Wildman–Crippen LogP) is 4.95. The van der Waals surface area contributed by atoms with Gasteiger partial charge >= 0.3 is 5.92 Å². The summed E-state index contributed by atoms with van der Waals surface area (Å²) in [5.74, 6) is -8.19. The molecule has 170 valence electrons. The standard InChI is InChI=1S/C23H21F5N2O2/c1-12(30-15-4-5-16(30)11-17(31)10-15)23(27,28)18-8-13(2-6-19(18)24)22(32)29-14-3-7-20(25)21(26)9-14/h2-3,6-9,15-17,31H,1,4-5,10-11H2,(H,29,32)/t15-,16+,17?. The van der Waals surface area contributed by atoms with Crippen molar-refractivity contribution < 1.29 is 31.9 Å². The number of nitrogens with zero attached hydrogens (tertiary/aromatic N) is 1. The van der Waals surface area contributed by atoms with Crippen LogP contribution in [-0.2, 0) is 5.92 Å². The third kappa shape index (κ3) is 3.97. The predicted molar refractivity (Wildman–Crippen MR) is 108 cm³/mol. The first kappa shape index (κ1) is 22.3. The summed E-state index contributed by atoms with van der Waals surface area (Å²) in [5, 5.41) is 12.2. The fourth-order valence-electron chi connectivity index (χ4n) is 4.59. The lowest BCUT2D eigenvalue weighted by Crippen LogP contribution is -2.47. The number of carbonyl (C=O) groups is 1. The van der Waals surface area contributed by atoms with Crippen LogP contribution >= 0.6 is 0 Å². The molecule has 3 atom stereocenters. The molecule has 0 aliphatic carbocycles. The second-order valence-electron chi connectivity index (χ2n) is 8.22. The number of aliphatic hydroxyl groups is 1. The van der Waals surface area contributed by atoms with Crippen molar-refractivity contribution in [2.24, 2.45) is 0 Å². The van der Waals surface area contributed by atoms with Crippen molar-refractivity contribution in [3.05, 3.63) is 77.3 Å². The number of hydrogen-bond donors (Lipinski definition) is 2. The van der Waals surface area contributed by atoms with Crippen molar-refractivity contribution >= 4 is 11.6 Å². The number of alkyl halides is 2. The second kappa shape index (κ2) is 8.20. The number of piperidine rings is 1. The minimum absolute atomic E-state index is 0.0839. The number of nitrogens with one attached hydrogen (secondary N) is 1. The lowest BCUT2D eigenvalue weighted by atomic mass is 9.95. The van der Waals surface area contributed by atoms with Gasteiger partial charge in [0, 0.05) is 29.4 Å². The summed E-state index contributed by atoms with van der Waals surface area (Å²) >= 11 is 0. The van der Waals surface area contributed by atoms with E-state index < -0.39 is 46.6 Å². The topological polar surface area (TPSA) is 52.6 Å². The van der Waals surface area contributed by atoms with E-state index in [-0.39, 0.29) is 23.3 Å². The Morgan fingerprint density at radius 2 is 1.62 bits per heavy atom. The maximum atomic E-state index is 15.4. The first-order valence-corrected chi connectivity index (χ1v) is 10.2. The molecular formula is C23H21F5N2O2. The average Bonchev–Trinajstić information content (AvgIpc) is 3.00. The van der Waals surface area contributed by atoms with Gasteiger partial charge in [-0.15, -0.1) is 0 Å². The number of fused-ring (bicyclic) bond motifs is 2. The van der Waals surface area contributed by atoms with E-state index in [9.17, 15) is 23.1 Å². The van der Waals surface area contributed by atoms with Crippen LogP contribution in [0.1, 0.15) is 41.6 Å². The number of allylic oxidation sites excluding steroid dienone is 1. The van der Waals surface area contributed by atoms with Crippen molar-refractivity contribution in [3.8, 4) is 0 Å². The fraction of sp³-hybridized carbons (Fsp3) is 0.348. The first-order valence-electron chi connectivity index (χ1n) is 10.2. The summed E-state index contributed by atoms with van der Waals surface area (Å²) in [6, 6.07) is 4.57. The zero-order valence-electron chi connectivity index (χ0n) is 16.9. The molecule has 4 rings (SSSR count). The van der Waals surface area contributed by atoms with E-state index in [0.29, 0.717) is 25.7 Å². The summed E-state index contributed by atoms with van der Waals surface area (Å²) in [7, 11) is 0. The zero-order valence-corrected chi connectivity index (χ0v) is 16.9. The third-order valence-corrected chi connectivity index (χ3v) is 6.13. The molecule has 1 unspecified atom stereocenters. The van der Waals surface area contributed by atoms with Gasteiger partial charge in [0.25, 0.3) is 5.91 Å². The summed E-state index contributed by atoms with van der Waals surface area (Å²) in [6.07, 6.45) is 1.38. The van der Waals surface area contributed by atoms with Gasteiger partial charge in [0.2, 0.25) is 0 Å². The maximum absolute atomic E-state index is 15.4. The molecule has 2 aromatic rings. The lowest BCUT2D eigenvalue weighted by molar-refractivity contribution is -0.0280. The smallest absolute Gasteiger partial charge is 0.314 e. The highest BCUT2D eigenvalue weighted by Gasteiger charge is 2.49. The monoisotopic (exact) mass is 452 g/mol. The molecule has 2 N–H and O–H groups in total. The summed E-state index contributed by atoms with van der Waals surface area (Å²) < 4.78 is 71.6. The highest BCUT2D eigenvalue weighted by molar-refractivity contribution is 6.04. The van der Waals surface area contributed by atoms with E-state index in [2.05, 4.69) is 11.9 Å². The number of hydrogen-bond acceptors (Lipinski definition) is 3. The Hall–Kier alpha value is -2.94. The minimum atomic E-state index is -3.80. The summed E-state index contributed by atoms with van der Waals surface area (Å²) in [6.45, 7) is 3.54. The Morgan fingerprint density at radius 1 is 1.00 bits per heavy atom. The summed E-state index contributed by atoms with van der Waals surface area (Å²) in [4.78, 5) is 13.9. The molecule has 2 heterocycles. The Balaban J connectivity index is 1.59. The van der Waals surface area contributed by atoms with Gasteiger partial charge in [0.15, 0.2) is 11.6 Å². The number of benzene rings is 2. The number of carbonyl (C=O) groups excluding carboxylic acids is 1. The molecule has 2 aromatic carbocycles. The largest absolute Gasteiger partial charge is 0.393 e. The molecular weight excluding hydrogens is 431 g/mol. The van der Waals surface area contributed by atoms with E-state index >= 15 is 8.78 Å². The fourth-order valence-corrected chi connectivity index (χ4v) is 4.59. The quantitative estimate of drug-likeness (QED) is 0.632. The van der Waals surface area contributed by atoms with Crippen LogP contribution in [0.4, 0.5) is 27.6 Å². The Labute approximate surface area is 181 Å². The van der Waals surface area contributed by atoms with Crippen molar-refractivity contribution in [1.29, 1.82) is 0 Å². The van der Waals surface area contributed by atoms with Crippen LogP contribution in [0.25, 0.3) is 0 Å². The van der Waals surface area contributed by atoms with E-state index in [1.807, 2.05) is 0 Å². The normalized spacial score (nSPS) is 22.7. The molecule has 2 saturated heterocycles. The van der Waals surface area contributed by atoms with Crippen molar-refractivity contribution in [3.63, 3.8) is 0 Å². The van der Waals surface area contributed by atoms with Gasteiger partial charge < -0.3 is 15.3 Å². The molecule has 2 bridgehead atoms. The highest BCUT2D eigenvalue weighted by atomic mass is 19.3. The molecule has 2 fully saturated rings. The van der Waals surface area contributed by atoms with Gasteiger partial charge in [-0.1, -0.05) is 6.58 Å². The molecule has 2 aliphatic heterocycles. The van der Waals surface area contributed by atoms with E-state index in [1.165, 1.54) is 4.90 Å². The molecule has 1 amide bonds. The van der Waals surface area contributed by atoms with Crippen LogP contribution in [0.2, 0.25) is 0 Å². The van der Waals surface area contributed by atoms with Crippen LogP contribution in [0.15, 0.2) is 48.7 Å². The first-order chi connectivity index (χ1) is 15.1. The van der Waals surface area contributed by atoms with E-state index in [4.69, 9.17) is 0 Å². The summed E-state index contributed by atoms with van der Waals surface area (Å²) in [5.41, 5.74) is -1.95. The van der Waals surface area contributed by atoms with Crippen LogP contribution < -0.4 is 5.32 Å². The molecule has 9 heteroatoms. The Morgan fingerprint density at radius 3 is 2.25 bits per heavy atom. The second-order valence-corrected chi connectivity index (χ2v) is 8.22.